The number of hydrogen-bond donors (Lipinski definition) is 3. The third-order valence-corrected chi connectivity index (χ3v) is 10.4. The van der Waals surface area contributed by atoms with Gasteiger partial charge in [0.25, 0.3) is 11.5 Å². The maximum atomic E-state index is 13.7. The Kier molecular flexibility index (Phi) is 8.78. The van der Waals surface area contributed by atoms with Crippen molar-refractivity contribution in [3.8, 4) is 11.1 Å². The average Bonchev–Trinajstić information content (AvgIpc) is 3.69. The zero-order valence-corrected chi connectivity index (χ0v) is 26.1. The number of nitrogens with zero attached hydrogens (tertiary/aromatic N) is 1. The molecule has 2 aliphatic carbocycles. The first-order chi connectivity index (χ1) is 20.5. The number of H-pyrrole nitrogens is 1. The molecule has 0 bridgehead atoms. The van der Waals surface area contributed by atoms with Crippen LogP contribution in [0, 0.1) is 26.7 Å². The molecule has 2 fully saturated rings. The number of sulfonamides is 1. The molecule has 2 aromatic carbocycles. The lowest BCUT2D eigenvalue weighted by Crippen LogP contribution is -2.36. The molecule has 0 atom stereocenters. The molecule has 0 unspecified atom stereocenters. The number of benzene rings is 2. The van der Waals surface area contributed by atoms with Crippen molar-refractivity contribution in [3.63, 3.8) is 0 Å². The molecule has 1 heterocycles. The van der Waals surface area contributed by atoms with Gasteiger partial charge in [-0.2, -0.15) is 0 Å². The predicted octanol–water partition coefficient (Wildman–Crippen LogP) is 5.34. The number of amides is 2. The Hall–Kier alpha value is -3.92. The fourth-order valence-electron chi connectivity index (χ4n) is 5.94. The summed E-state index contributed by atoms with van der Waals surface area (Å²) in [5.41, 5.74) is 5.54. The van der Waals surface area contributed by atoms with E-state index in [1.807, 2.05) is 52.0 Å². The van der Waals surface area contributed by atoms with Crippen LogP contribution in [0.4, 0.5) is 11.4 Å². The minimum absolute atomic E-state index is 0.0321. The van der Waals surface area contributed by atoms with Crippen LogP contribution in [0.2, 0.25) is 0 Å². The Labute approximate surface area is 253 Å². The summed E-state index contributed by atoms with van der Waals surface area (Å²) in [6.45, 7) is 7.96. The lowest BCUT2D eigenvalue weighted by molar-refractivity contribution is -0.122. The van der Waals surface area contributed by atoms with Crippen LogP contribution in [-0.4, -0.2) is 37.0 Å². The molecule has 3 aromatic rings. The quantitative estimate of drug-likeness (QED) is 0.288. The zero-order valence-electron chi connectivity index (χ0n) is 25.2. The molecule has 1 aromatic heterocycles. The predicted molar refractivity (Wildman–Crippen MR) is 170 cm³/mol. The number of carbonyl (C=O) groups excluding carboxylic acids is 2. The van der Waals surface area contributed by atoms with Crippen molar-refractivity contribution in [3.05, 3.63) is 80.8 Å². The van der Waals surface area contributed by atoms with Crippen LogP contribution in [-0.2, 0) is 21.4 Å². The summed E-state index contributed by atoms with van der Waals surface area (Å²) in [7, 11) is -3.39. The van der Waals surface area contributed by atoms with E-state index in [4.69, 9.17) is 0 Å². The van der Waals surface area contributed by atoms with Gasteiger partial charge in [-0.25, -0.2) is 8.42 Å². The van der Waals surface area contributed by atoms with Gasteiger partial charge in [0.1, 0.15) is 0 Å². The van der Waals surface area contributed by atoms with Gasteiger partial charge in [0.15, 0.2) is 0 Å². The standard InChI is InChI=1S/C33H40N4O5S/c1-5-37(33(40)24-8-6-7-9-24)30-18-25(23-10-12-26(13-11-23)36-43(41,42)27-14-15-27)17-28(22(30)4)31(38)34-19-29-20(2)16-21(3)35-32(29)39/h10-13,16-18,24,27,36H,5-9,14-15,19H2,1-4H3,(H,34,38)(H,35,39). The van der Waals surface area contributed by atoms with Gasteiger partial charge in [-0.3, -0.25) is 19.1 Å². The van der Waals surface area contributed by atoms with Crippen LogP contribution < -0.4 is 20.5 Å². The maximum Gasteiger partial charge on any atom is 0.253 e. The molecule has 2 amide bonds. The molecule has 0 aliphatic heterocycles. The fraction of sp³-hybridized carbons (Fsp3) is 0.424. The van der Waals surface area contributed by atoms with Gasteiger partial charge < -0.3 is 15.2 Å². The van der Waals surface area contributed by atoms with Crippen molar-refractivity contribution in [2.24, 2.45) is 5.92 Å². The van der Waals surface area contributed by atoms with Crippen molar-refractivity contribution in [1.82, 2.24) is 10.3 Å². The number of rotatable bonds is 10. The highest BCUT2D eigenvalue weighted by molar-refractivity contribution is 7.93. The van der Waals surface area contributed by atoms with E-state index in [0.717, 1.165) is 48.1 Å². The number of pyridine rings is 1. The molecule has 10 heteroatoms. The van der Waals surface area contributed by atoms with E-state index in [1.54, 1.807) is 23.1 Å². The van der Waals surface area contributed by atoms with E-state index in [9.17, 15) is 22.8 Å². The summed E-state index contributed by atoms with van der Waals surface area (Å²) in [5, 5.41) is 2.59. The second kappa shape index (κ2) is 12.4. The van der Waals surface area contributed by atoms with Crippen LogP contribution in [0.15, 0.2) is 47.3 Å². The highest BCUT2D eigenvalue weighted by Crippen LogP contribution is 2.35. The van der Waals surface area contributed by atoms with Gasteiger partial charge in [-0.05, 0) is 106 Å². The number of nitrogens with one attached hydrogen (secondary N) is 3. The number of aromatic nitrogens is 1. The van der Waals surface area contributed by atoms with Gasteiger partial charge >= 0.3 is 0 Å². The molecule has 0 radical (unpaired) electrons. The summed E-state index contributed by atoms with van der Waals surface area (Å²) < 4.78 is 27.5. The first-order valence-corrected chi connectivity index (χ1v) is 16.6. The SMILES string of the molecule is CCN(C(=O)C1CCCC1)c1cc(-c2ccc(NS(=O)(=O)C3CC3)cc2)cc(C(=O)NCc2c(C)cc(C)[nH]c2=O)c1C. The van der Waals surface area contributed by atoms with Crippen molar-refractivity contribution < 1.29 is 18.0 Å². The third-order valence-electron chi connectivity index (χ3n) is 8.56. The Bertz CT molecular complexity index is 1700. The monoisotopic (exact) mass is 604 g/mol. The van der Waals surface area contributed by atoms with Crippen LogP contribution in [0.3, 0.4) is 0 Å². The summed E-state index contributed by atoms with van der Waals surface area (Å²) in [6, 6.07) is 12.6. The summed E-state index contributed by atoms with van der Waals surface area (Å²) in [5.74, 6) is -0.313. The van der Waals surface area contributed by atoms with Gasteiger partial charge in [-0.15, -0.1) is 0 Å². The second-order valence-electron chi connectivity index (χ2n) is 11.8. The number of aryl methyl sites for hydroxylation is 2. The van der Waals surface area contributed by atoms with Crippen molar-refractivity contribution in [2.45, 2.75) is 78.0 Å². The molecule has 0 saturated heterocycles. The van der Waals surface area contributed by atoms with E-state index in [-0.39, 0.29) is 35.1 Å². The van der Waals surface area contributed by atoms with Crippen molar-refractivity contribution in [2.75, 3.05) is 16.2 Å². The molecule has 0 spiro atoms. The average molecular weight is 605 g/mol. The van der Waals surface area contributed by atoms with E-state index in [1.165, 1.54) is 0 Å². The first kappa shape index (κ1) is 30.5. The minimum atomic E-state index is -3.39. The molecule has 228 valence electrons. The molecule has 43 heavy (non-hydrogen) atoms. The minimum Gasteiger partial charge on any atom is -0.348 e. The van der Waals surface area contributed by atoms with Gasteiger partial charge in [0.2, 0.25) is 15.9 Å². The molecule has 3 N–H and O–H groups in total. The Morgan fingerprint density at radius 3 is 2.23 bits per heavy atom. The first-order valence-electron chi connectivity index (χ1n) is 15.0. The van der Waals surface area contributed by atoms with E-state index in [2.05, 4.69) is 15.0 Å². The lowest BCUT2D eigenvalue weighted by Gasteiger charge is -2.28. The van der Waals surface area contributed by atoms with Gasteiger partial charge in [0.05, 0.1) is 5.25 Å². The second-order valence-corrected chi connectivity index (χ2v) is 13.7. The van der Waals surface area contributed by atoms with Crippen LogP contribution in [0.5, 0.6) is 0 Å². The van der Waals surface area contributed by atoms with Crippen LogP contribution >= 0.6 is 0 Å². The normalized spacial score (nSPS) is 15.3. The fourth-order valence-corrected chi connectivity index (χ4v) is 7.33. The molecular weight excluding hydrogens is 564 g/mol. The topological polar surface area (TPSA) is 128 Å². The number of anilines is 2. The highest BCUT2D eigenvalue weighted by Gasteiger charge is 2.35. The summed E-state index contributed by atoms with van der Waals surface area (Å²) >= 11 is 0. The number of hydrogen-bond acceptors (Lipinski definition) is 5. The Morgan fingerprint density at radius 1 is 0.953 bits per heavy atom. The van der Waals surface area contributed by atoms with Gasteiger partial charge in [-0.1, -0.05) is 25.0 Å². The smallest absolute Gasteiger partial charge is 0.253 e. The molecule has 9 nitrogen and oxygen atoms in total. The van der Waals surface area contributed by atoms with Crippen molar-refractivity contribution in [1.29, 1.82) is 0 Å². The highest BCUT2D eigenvalue weighted by atomic mass is 32.2. The molecule has 2 saturated carbocycles. The van der Waals surface area contributed by atoms with Gasteiger partial charge in [0, 0.05) is 47.2 Å². The molecular formula is C33H40N4O5S. The molecule has 2 aliphatic rings. The Balaban J connectivity index is 1.50. The van der Waals surface area contributed by atoms with Crippen LogP contribution in [0.25, 0.3) is 11.1 Å². The van der Waals surface area contributed by atoms with Crippen molar-refractivity contribution >= 4 is 33.2 Å². The zero-order chi connectivity index (χ0) is 30.9. The largest absolute Gasteiger partial charge is 0.348 e. The summed E-state index contributed by atoms with van der Waals surface area (Å²) in [4.78, 5) is 44.4. The van der Waals surface area contributed by atoms with E-state index in [0.29, 0.717) is 47.5 Å². The van der Waals surface area contributed by atoms with E-state index < -0.39 is 10.0 Å². The van der Waals surface area contributed by atoms with E-state index >= 15 is 0 Å². The molecule has 5 rings (SSSR count). The number of aromatic amines is 1. The Morgan fingerprint density at radius 2 is 1.63 bits per heavy atom. The lowest BCUT2D eigenvalue weighted by atomic mass is 9.95. The number of carbonyl (C=O) groups is 2. The summed E-state index contributed by atoms with van der Waals surface area (Å²) in [6.07, 6.45) is 5.16. The maximum absolute atomic E-state index is 13.7. The van der Waals surface area contributed by atoms with Crippen LogP contribution in [0.1, 0.15) is 78.2 Å². The third kappa shape index (κ3) is 6.69.